The van der Waals surface area contributed by atoms with Crippen LogP contribution in [-0.2, 0) is 9.59 Å². The van der Waals surface area contributed by atoms with Gasteiger partial charge in [0.2, 0.25) is 5.91 Å². The number of nitrogens with zero attached hydrogens (tertiary/aromatic N) is 1. The van der Waals surface area contributed by atoms with Crippen molar-refractivity contribution >= 4 is 11.9 Å². The van der Waals surface area contributed by atoms with E-state index in [-0.39, 0.29) is 24.3 Å². The summed E-state index contributed by atoms with van der Waals surface area (Å²) in [5.74, 6) is -0.600. The number of carbonyl (C=O) groups excluding carboxylic acids is 1. The van der Waals surface area contributed by atoms with Crippen LogP contribution in [0.1, 0.15) is 19.8 Å². The van der Waals surface area contributed by atoms with E-state index in [1.54, 1.807) is 11.9 Å². The molecule has 2 atom stereocenters. The summed E-state index contributed by atoms with van der Waals surface area (Å²) in [7, 11) is 1.74. The molecule has 0 aromatic carbocycles. The number of carbonyl (C=O) groups is 2. The van der Waals surface area contributed by atoms with Gasteiger partial charge in [-0.15, -0.1) is 0 Å². The Kier molecular flexibility index (Phi) is 4.08. The lowest BCUT2D eigenvalue weighted by Gasteiger charge is -2.20. The summed E-state index contributed by atoms with van der Waals surface area (Å²) in [6.07, 6.45) is 0.964. The van der Waals surface area contributed by atoms with Gasteiger partial charge in [0.05, 0.1) is 6.04 Å². The number of hydrogen-bond acceptors (Lipinski definition) is 3. The molecule has 0 spiro atoms. The molecule has 1 amide bonds. The van der Waals surface area contributed by atoms with E-state index in [2.05, 4.69) is 5.32 Å². The number of carboxylic acids is 1. The maximum Gasteiger partial charge on any atom is 0.303 e. The van der Waals surface area contributed by atoms with E-state index in [9.17, 15) is 9.59 Å². The standard InChI is InChI=1S/C10H18N2O3/c1-7(11-2)10(15)12-4-3-8(6-12)5-9(13)14/h7-8,11H,3-6H2,1-2H3,(H,13,14). The van der Waals surface area contributed by atoms with Crippen molar-refractivity contribution in [2.45, 2.75) is 25.8 Å². The molecule has 0 aromatic rings. The van der Waals surface area contributed by atoms with Gasteiger partial charge in [0.15, 0.2) is 0 Å². The molecule has 2 unspecified atom stereocenters. The molecule has 0 aliphatic carbocycles. The predicted molar refractivity (Wildman–Crippen MR) is 55.5 cm³/mol. The summed E-state index contributed by atoms with van der Waals surface area (Å²) in [5.41, 5.74) is 0. The Morgan fingerprint density at radius 3 is 2.80 bits per heavy atom. The summed E-state index contributed by atoms with van der Waals surface area (Å²) in [4.78, 5) is 24.0. The number of likely N-dealkylation sites (tertiary alicyclic amines) is 1. The average Bonchev–Trinajstić information content (AvgIpc) is 2.63. The predicted octanol–water partition coefficient (Wildman–Crippen LogP) is -0.0825. The van der Waals surface area contributed by atoms with E-state index in [1.807, 2.05) is 6.92 Å². The first-order valence-electron chi connectivity index (χ1n) is 5.22. The maximum atomic E-state index is 11.7. The molecule has 15 heavy (non-hydrogen) atoms. The molecule has 1 rings (SSSR count). The highest BCUT2D eigenvalue weighted by atomic mass is 16.4. The van der Waals surface area contributed by atoms with E-state index in [0.717, 1.165) is 6.42 Å². The van der Waals surface area contributed by atoms with Gasteiger partial charge in [-0.25, -0.2) is 0 Å². The molecule has 0 bridgehead atoms. The van der Waals surface area contributed by atoms with Crippen molar-refractivity contribution in [2.75, 3.05) is 20.1 Å². The van der Waals surface area contributed by atoms with Crippen LogP contribution in [0.2, 0.25) is 0 Å². The van der Waals surface area contributed by atoms with Crippen molar-refractivity contribution in [3.8, 4) is 0 Å². The first kappa shape index (κ1) is 12.0. The van der Waals surface area contributed by atoms with Crippen molar-refractivity contribution in [3.05, 3.63) is 0 Å². The molecular weight excluding hydrogens is 196 g/mol. The summed E-state index contributed by atoms with van der Waals surface area (Å²) >= 11 is 0. The Bertz CT molecular complexity index is 255. The Morgan fingerprint density at radius 1 is 1.60 bits per heavy atom. The number of carboxylic acid groups (broad SMARTS) is 1. The van der Waals surface area contributed by atoms with Crippen molar-refractivity contribution in [2.24, 2.45) is 5.92 Å². The molecule has 0 radical (unpaired) electrons. The monoisotopic (exact) mass is 214 g/mol. The van der Waals surface area contributed by atoms with Crippen LogP contribution in [-0.4, -0.2) is 48.1 Å². The second-order valence-corrected chi connectivity index (χ2v) is 4.05. The van der Waals surface area contributed by atoms with Crippen LogP contribution in [0.15, 0.2) is 0 Å². The van der Waals surface area contributed by atoms with Gasteiger partial charge in [-0.2, -0.15) is 0 Å². The van der Waals surface area contributed by atoms with Crippen LogP contribution in [0.4, 0.5) is 0 Å². The third-order valence-corrected chi connectivity index (χ3v) is 2.86. The number of rotatable bonds is 4. The second-order valence-electron chi connectivity index (χ2n) is 4.05. The average molecular weight is 214 g/mol. The summed E-state index contributed by atoms with van der Waals surface area (Å²) in [5, 5.41) is 11.5. The number of hydrogen-bond donors (Lipinski definition) is 2. The molecule has 2 N–H and O–H groups in total. The highest BCUT2D eigenvalue weighted by Crippen LogP contribution is 2.19. The third-order valence-electron chi connectivity index (χ3n) is 2.86. The summed E-state index contributed by atoms with van der Waals surface area (Å²) in [6.45, 7) is 3.08. The lowest BCUT2D eigenvalue weighted by molar-refractivity contribution is -0.138. The van der Waals surface area contributed by atoms with Gasteiger partial charge < -0.3 is 15.3 Å². The SMILES string of the molecule is CNC(C)C(=O)N1CCC(CC(=O)O)C1. The Labute approximate surface area is 89.4 Å². The van der Waals surface area contributed by atoms with E-state index in [1.165, 1.54) is 0 Å². The van der Waals surface area contributed by atoms with Crippen molar-refractivity contribution in [1.82, 2.24) is 10.2 Å². The van der Waals surface area contributed by atoms with Gasteiger partial charge in [-0.1, -0.05) is 0 Å². The minimum atomic E-state index is -0.782. The molecule has 1 heterocycles. The zero-order chi connectivity index (χ0) is 11.4. The highest BCUT2D eigenvalue weighted by Gasteiger charge is 2.29. The van der Waals surface area contributed by atoms with Gasteiger partial charge in [0, 0.05) is 19.5 Å². The quantitative estimate of drug-likeness (QED) is 0.686. The molecule has 1 fully saturated rings. The zero-order valence-electron chi connectivity index (χ0n) is 9.19. The number of aliphatic carboxylic acids is 1. The minimum absolute atomic E-state index is 0.0605. The van der Waals surface area contributed by atoms with Crippen molar-refractivity contribution in [3.63, 3.8) is 0 Å². The largest absolute Gasteiger partial charge is 0.481 e. The summed E-state index contributed by atoms with van der Waals surface area (Å²) in [6, 6.07) is -0.187. The molecule has 86 valence electrons. The van der Waals surface area contributed by atoms with Gasteiger partial charge in [-0.3, -0.25) is 9.59 Å². The number of nitrogens with one attached hydrogen (secondary N) is 1. The Balaban J connectivity index is 2.42. The van der Waals surface area contributed by atoms with Crippen molar-refractivity contribution < 1.29 is 14.7 Å². The van der Waals surface area contributed by atoms with E-state index < -0.39 is 5.97 Å². The fraction of sp³-hybridized carbons (Fsp3) is 0.800. The first-order chi connectivity index (χ1) is 7.04. The first-order valence-corrected chi connectivity index (χ1v) is 5.22. The van der Waals surface area contributed by atoms with Gasteiger partial charge >= 0.3 is 5.97 Å². The van der Waals surface area contributed by atoms with Gasteiger partial charge in [0.1, 0.15) is 0 Å². The minimum Gasteiger partial charge on any atom is -0.481 e. The molecule has 0 aromatic heterocycles. The number of likely N-dealkylation sites (N-methyl/N-ethyl adjacent to an activating group) is 1. The molecule has 1 saturated heterocycles. The van der Waals surface area contributed by atoms with E-state index in [4.69, 9.17) is 5.11 Å². The molecule has 5 nitrogen and oxygen atoms in total. The van der Waals surface area contributed by atoms with Crippen molar-refractivity contribution in [1.29, 1.82) is 0 Å². The maximum absolute atomic E-state index is 11.7. The van der Waals surface area contributed by atoms with Crippen LogP contribution in [0.5, 0.6) is 0 Å². The molecule has 5 heteroatoms. The van der Waals surface area contributed by atoms with Crippen LogP contribution in [0.3, 0.4) is 0 Å². The van der Waals surface area contributed by atoms with E-state index in [0.29, 0.717) is 13.1 Å². The molecule has 1 aliphatic heterocycles. The van der Waals surface area contributed by atoms with Crippen LogP contribution >= 0.6 is 0 Å². The lowest BCUT2D eigenvalue weighted by Crippen LogP contribution is -2.42. The normalized spacial score (nSPS) is 22.8. The van der Waals surface area contributed by atoms with E-state index >= 15 is 0 Å². The van der Waals surface area contributed by atoms with Crippen LogP contribution in [0, 0.1) is 5.92 Å². The summed E-state index contributed by atoms with van der Waals surface area (Å²) < 4.78 is 0. The van der Waals surface area contributed by atoms with Crippen LogP contribution < -0.4 is 5.32 Å². The third kappa shape index (κ3) is 3.20. The zero-order valence-corrected chi connectivity index (χ0v) is 9.19. The Hall–Kier alpha value is -1.10. The molecule has 0 saturated carbocycles. The fourth-order valence-electron chi connectivity index (χ4n) is 1.84. The smallest absolute Gasteiger partial charge is 0.303 e. The number of amides is 1. The molecule has 1 aliphatic rings. The Morgan fingerprint density at radius 2 is 2.27 bits per heavy atom. The highest BCUT2D eigenvalue weighted by molar-refractivity contribution is 5.81. The second kappa shape index (κ2) is 5.11. The fourth-order valence-corrected chi connectivity index (χ4v) is 1.84. The van der Waals surface area contributed by atoms with Gasteiger partial charge in [-0.05, 0) is 26.3 Å². The topological polar surface area (TPSA) is 69.6 Å². The molecular formula is C10H18N2O3. The van der Waals surface area contributed by atoms with Crippen LogP contribution in [0.25, 0.3) is 0 Å². The van der Waals surface area contributed by atoms with Gasteiger partial charge in [0.25, 0.3) is 0 Å². The lowest BCUT2D eigenvalue weighted by atomic mass is 10.1.